The number of benzene rings is 2. The van der Waals surface area contributed by atoms with E-state index in [1.807, 2.05) is 13.8 Å². The van der Waals surface area contributed by atoms with Crippen molar-refractivity contribution in [2.75, 3.05) is 19.2 Å². The lowest BCUT2D eigenvalue weighted by Gasteiger charge is -2.08. The summed E-state index contributed by atoms with van der Waals surface area (Å²) in [7, 11) is -7.46. The van der Waals surface area contributed by atoms with E-state index in [0.717, 1.165) is 11.1 Å². The van der Waals surface area contributed by atoms with Crippen LogP contribution in [0.4, 0.5) is 0 Å². The molecule has 0 radical (unpaired) electrons. The predicted octanol–water partition coefficient (Wildman–Crippen LogP) is 2.46. The van der Waals surface area contributed by atoms with Gasteiger partial charge in [-0.25, -0.2) is 8.42 Å². The Labute approximate surface area is 148 Å². The van der Waals surface area contributed by atoms with Crippen LogP contribution in [-0.4, -0.2) is 36.0 Å². The zero-order chi connectivity index (χ0) is 18.5. The highest BCUT2D eigenvalue weighted by Gasteiger charge is 2.16. The van der Waals surface area contributed by atoms with Crippen molar-refractivity contribution in [2.45, 2.75) is 23.6 Å². The van der Waals surface area contributed by atoms with Crippen LogP contribution < -0.4 is 0 Å². The molecular formula is C17H20O6S2. The molecule has 2 aromatic carbocycles. The van der Waals surface area contributed by atoms with Crippen molar-refractivity contribution in [1.29, 1.82) is 0 Å². The fraction of sp³-hybridized carbons (Fsp3) is 0.294. The first kappa shape index (κ1) is 19.6. The zero-order valence-electron chi connectivity index (χ0n) is 14.0. The van der Waals surface area contributed by atoms with Crippen molar-refractivity contribution in [1.82, 2.24) is 0 Å². The third-order valence-electron chi connectivity index (χ3n) is 3.39. The second-order valence-electron chi connectivity index (χ2n) is 5.54. The average molecular weight is 384 g/mol. The molecule has 2 aromatic rings. The Morgan fingerprint density at radius 3 is 1.72 bits per heavy atom. The highest BCUT2D eigenvalue weighted by atomic mass is 32.2. The quantitative estimate of drug-likeness (QED) is 0.513. The molecule has 6 nitrogen and oxygen atoms in total. The molecule has 0 heterocycles. The summed E-state index contributed by atoms with van der Waals surface area (Å²) in [5.41, 5.74) is 1.89. The van der Waals surface area contributed by atoms with E-state index >= 15 is 0 Å². The van der Waals surface area contributed by atoms with E-state index < -0.39 is 25.9 Å². The monoisotopic (exact) mass is 384 g/mol. The summed E-state index contributed by atoms with van der Waals surface area (Å²) >= 11 is 0. The van der Waals surface area contributed by atoms with E-state index in [1.165, 1.54) is 24.3 Å². The Morgan fingerprint density at radius 1 is 0.720 bits per heavy atom. The molecule has 0 atom stereocenters. The average Bonchev–Trinajstić information content (AvgIpc) is 2.55. The van der Waals surface area contributed by atoms with Crippen LogP contribution in [0, 0.1) is 13.8 Å². The van der Waals surface area contributed by atoms with Gasteiger partial charge in [-0.05, 0) is 38.1 Å². The maximum Gasteiger partial charge on any atom is 0.297 e. The lowest BCUT2D eigenvalue weighted by molar-refractivity contribution is 0.134. The number of sulfone groups is 1. The molecule has 2 rings (SSSR count). The molecule has 0 bridgehead atoms. The fourth-order valence-corrected chi connectivity index (χ4v) is 3.87. The van der Waals surface area contributed by atoms with Crippen molar-refractivity contribution >= 4 is 20.0 Å². The summed E-state index contributed by atoms with van der Waals surface area (Å²) in [6.45, 7) is 3.29. The third-order valence-corrected chi connectivity index (χ3v) is 6.19. The predicted molar refractivity (Wildman–Crippen MR) is 93.5 cm³/mol. The van der Waals surface area contributed by atoms with Crippen LogP contribution in [0.15, 0.2) is 58.3 Å². The van der Waals surface area contributed by atoms with Crippen LogP contribution in [0.5, 0.6) is 0 Å². The molecule has 0 aromatic heterocycles. The van der Waals surface area contributed by atoms with E-state index in [0.29, 0.717) is 0 Å². The molecular weight excluding hydrogens is 364 g/mol. The van der Waals surface area contributed by atoms with Gasteiger partial charge >= 0.3 is 0 Å². The fourth-order valence-electron chi connectivity index (χ4n) is 1.96. The van der Waals surface area contributed by atoms with Crippen LogP contribution >= 0.6 is 0 Å². The van der Waals surface area contributed by atoms with E-state index in [2.05, 4.69) is 0 Å². The Hall–Kier alpha value is -1.74. The summed E-state index contributed by atoms with van der Waals surface area (Å²) in [4.78, 5) is 0.205. The van der Waals surface area contributed by atoms with Gasteiger partial charge in [0.15, 0.2) is 5.94 Å². The molecule has 0 aliphatic rings. The largest absolute Gasteiger partial charge is 0.363 e. The molecule has 0 saturated carbocycles. The first-order chi connectivity index (χ1) is 11.7. The zero-order valence-corrected chi connectivity index (χ0v) is 15.6. The molecule has 0 spiro atoms. The molecule has 0 aliphatic heterocycles. The van der Waals surface area contributed by atoms with E-state index in [9.17, 15) is 16.8 Å². The summed E-state index contributed by atoms with van der Waals surface area (Å²) in [5.74, 6) is -0.538. The first-order valence-electron chi connectivity index (χ1n) is 7.54. The van der Waals surface area contributed by atoms with Gasteiger partial charge in [0.1, 0.15) is 0 Å². The van der Waals surface area contributed by atoms with Crippen molar-refractivity contribution in [2.24, 2.45) is 0 Å². The van der Waals surface area contributed by atoms with Gasteiger partial charge in [-0.3, -0.25) is 4.18 Å². The molecule has 0 fully saturated rings. The summed E-state index contributed by atoms with van der Waals surface area (Å²) in [6.07, 6.45) is 0. The summed E-state index contributed by atoms with van der Waals surface area (Å²) < 4.78 is 58.0. The topological polar surface area (TPSA) is 86.7 Å². The van der Waals surface area contributed by atoms with Gasteiger partial charge < -0.3 is 4.74 Å². The maximum absolute atomic E-state index is 12.1. The minimum Gasteiger partial charge on any atom is -0.363 e. The molecule has 8 heteroatoms. The molecule has 0 saturated heterocycles. The SMILES string of the molecule is Cc1ccc(S(=O)(=O)COCCOS(=O)(=O)c2ccc(C)cc2)cc1. The Bertz CT molecular complexity index is 821. The van der Waals surface area contributed by atoms with Gasteiger partial charge in [-0.2, -0.15) is 8.42 Å². The van der Waals surface area contributed by atoms with Crippen LogP contribution in [0.2, 0.25) is 0 Å². The van der Waals surface area contributed by atoms with Crippen molar-refractivity contribution in [3.05, 3.63) is 59.7 Å². The lowest BCUT2D eigenvalue weighted by atomic mass is 10.2. The summed E-state index contributed by atoms with van der Waals surface area (Å²) in [5, 5.41) is 0. The van der Waals surface area contributed by atoms with E-state index in [4.69, 9.17) is 8.92 Å². The maximum atomic E-state index is 12.1. The second-order valence-corrected chi connectivity index (χ2v) is 9.10. The Kier molecular flexibility index (Phi) is 6.34. The normalized spacial score (nSPS) is 12.2. The highest BCUT2D eigenvalue weighted by molar-refractivity contribution is 7.91. The Morgan fingerprint density at radius 2 is 1.20 bits per heavy atom. The van der Waals surface area contributed by atoms with Crippen LogP contribution in [0.3, 0.4) is 0 Å². The van der Waals surface area contributed by atoms with Crippen LogP contribution in [-0.2, 0) is 28.9 Å². The lowest BCUT2D eigenvalue weighted by Crippen LogP contribution is -2.15. The molecule has 136 valence electrons. The van der Waals surface area contributed by atoms with Gasteiger partial charge in [0.2, 0.25) is 9.84 Å². The van der Waals surface area contributed by atoms with Crippen molar-refractivity contribution < 1.29 is 25.8 Å². The van der Waals surface area contributed by atoms with Gasteiger partial charge in [0, 0.05) is 0 Å². The number of rotatable bonds is 8. The van der Waals surface area contributed by atoms with E-state index in [1.54, 1.807) is 24.3 Å². The number of ether oxygens (including phenoxy) is 1. The Balaban J connectivity index is 1.83. The standard InChI is InChI=1S/C17H20O6S2/c1-14-3-7-16(8-4-14)24(18,19)13-22-11-12-23-25(20,21)17-9-5-15(2)6-10-17/h3-10H,11-13H2,1-2H3. The molecule has 0 unspecified atom stereocenters. The highest BCUT2D eigenvalue weighted by Crippen LogP contribution is 2.14. The second kappa shape index (κ2) is 8.09. The minimum atomic E-state index is -3.88. The number of hydrogen-bond acceptors (Lipinski definition) is 6. The molecule has 0 N–H and O–H groups in total. The minimum absolute atomic E-state index is 0.0466. The van der Waals surface area contributed by atoms with Gasteiger partial charge in [0.05, 0.1) is 23.0 Å². The van der Waals surface area contributed by atoms with Crippen LogP contribution in [0.25, 0.3) is 0 Å². The number of hydrogen-bond donors (Lipinski definition) is 0. The molecule has 0 aliphatic carbocycles. The van der Waals surface area contributed by atoms with Gasteiger partial charge in [0.25, 0.3) is 10.1 Å². The number of aryl methyl sites for hydroxylation is 2. The molecule has 25 heavy (non-hydrogen) atoms. The summed E-state index contributed by atoms with van der Waals surface area (Å²) in [6, 6.07) is 12.6. The van der Waals surface area contributed by atoms with Crippen molar-refractivity contribution in [3.63, 3.8) is 0 Å². The van der Waals surface area contributed by atoms with E-state index in [-0.39, 0.29) is 23.0 Å². The third kappa shape index (κ3) is 5.64. The van der Waals surface area contributed by atoms with Gasteiger partial charge in [-0.15, -0.1) is 0 Å². The first-order valence-corrected chi connectivity index (χ1v) is 10.6. The smallest absolute Gasteiger partial charge is 0.297 e. The molecule has 0 amide bonds. The van der Waals surface area contributed by atoms with Crippen LogP contribution in [0.1, 0.15) is 11.1 Å². The van der Waals surface area contributed by atoms with Crippen molar-refractivity contribution in [3.8, 4) is 0 Å². The van der Waals surface area contributed by atoms with Gasteiger partial charge in [-0.1, -0.05) is 35.4 Å².